The van der Waals surface area contributed by atoms with Gasteiger partial charge in [-0.3, -0.25) is 34.4 Å². The lowest BCUT2D eigenvalue weighted by molar-refractivity contribution is -0.133. The van der Waals surface area contributed by atoms with Crippen molar-refractivity contribution in [3.63, 3.8) is 0 Å². The second-order valence-electron chi connectivity index (χ2n) is 16.8. The summed E-state index contributed by atoms with van der Waals surface area (Å²) in [6.07, 6.45) is 3.85. The quantitative estimate of drug-likeness (QED) is 0.0562. The number of rotatable bonds is 13. The molecule has 0 spiro atoms. The standard InChI is InChI=1S/C45H54N12O4/c1-29-22-31(8-9-33(29)24-48-41(59)39(54-46)25-49-45(2,3)4)37-16-17-47-44(52-37)51-34-10-12-36(13-11-34)56-20-18-55(19-21-56)26-30-27-57(28-30)43(61)32-6-5-7-35(23-32)50-38-14-15-40(58)53-42(38)60/h5-13,16-17,22-23,25,30,38,50H,14-15,18-21,24,26-28,46H2,1-4H3,(H,48,59)(H,47,51,52)(H,53,58,60)/b49-25?,54-39+. The Morgan fingerprint density at radius 2 is 1.74 bits per heavy atom. The van der Waals surface area contributed by atoms with Crippen LogP contribution in [0.15, 0.2) is 89.1 Å². The number of nitrogens with zero attached hydrogens (tertiary/aromatic N) is 7. The number of hydrazone groups is 1. The number of anilines is 4. The van der Waals surface area contributed by atoms with Gasteiger partial charge in [-0.05, 0) is 99.8 Å². The number of likely N-dealkylation sites (tertiary alicyclic amines) is 1. The molecule has 4 heterocycles. The van der Waals surface area contributed by atoms with Crippen molar-refractivity contribution < 1.29 is 19.2 Å². The number of aliphatic imine (C=N–C) groups is 1. The van der Waals surface area contributed by atoms with Crippen LogP contribution in [-0.4, -0.2) is 113 Å². The smallest absolute Gasteiger partial charge is 0.273 e. The van der Waals surface area contributed by atoms with E-state index in [0.29, 0.717) is 42.5 Å². The molecule has 318 valence electrons. The molecule has 0 aliphatic carbocycles. The van der Waals surface area contributed by atoms with Gasteiger partial charge in [-0.2, -0.15) is 5.10 Å². The molecule has 0 saturated carbocycles. The monoisotopic (exact) mass is 826 g/mol. The fourth-order valence-electron chi connectivity index (χ4n) is 7.55. The fraction of sp³-hybridized carbons (Fsp3) is 0.378. The highest BCUT2D eigenvalue weighted by Crippen LogP contribution is 2.26. The van der Waals surface area contributed by atoms with Gasteiger partial charge in [0.05, 0.1) is 17.4 Å². The minimum atomic E-state index is -0.496. The fourth-order valence-corrected chi connectivity index (χ4v) is 7.55. The molecule has 3 saturated heterocycles. The third-order valence-corrected chi connectivity index (χ3v) is 11.0. The Labute approximate surface area is 356 Å². The number of imide groups is 1. The third kappa shape index (κ3) is 11.1. The summed E-state index contributed by atoms with van der Waals surface area (Å²) in [5, 5.41) is 15.3. The number of nitrogens with one attached hydrogen (secondary N) is 4. The van der Waals surface area contributed by atoms with Crippen LogP contribution in [0.2, 0.25) is 0 Å². The van der Waals surface area contributed by atoms with Crippen molar-refractivity contribution in [3.05, 3.63) is 95.7 Å². The van der Waals surface area contributed by atoms with Crippen molar-refractivity contribution in [3.8, 4) is 11.3 Å². The van der Waals surface area contributed by atoms with Crippen LogP contribution in [0, 0.1) is 12.8 Å². The Kier molecular flexibility index (Phi) is 13.0. The van der Waals surface area contributed by atoms with Crippen LogP contribution in [-0.2, 0) is 20.9 Å². The normalized spacial score (nSPS) is 17.8. The second kappa shape index (κ2) is 18.7. The molecule has 0 radical (unpaired) electrons. The molecule has 3 fully saturated rings. The highest BCUT2D eigenvalue weighted by molar-refractivity contribution is 6.60. The maximum Gasteiger partial charge on any atom is 0.273 e. The molecule has 7 rings (SSSR count). The topological polar surface area (TPSA) is 203 Å². The summed E-state index contributed by atoms with van der Waals surface area (Å²) in [4.78, 5) is 69.9. The van der Waals surface area contributed by atoms with Gasteiger partial charge in [-0.1, -0.05) is 18.2 Å². The molecule has 3 aromatic carbocycles. The van der Waals surface area contributed by atoms with E-state index in [-0.39, 0.29) is 29.0 Å². The summed E-state index contributed by atoms with van der Waals surface area (Å²) >= 11 is 0. The van der Waals surface area contributed by atoms with Crippen molar-refractivity contribution in [1.82, 2.24) is 30.4 Å². The van der Waals surface area contributed by atoms with Crippen molar-refractivity contribution >= 4 is 58.6 Å². The molecule has 1 aromatic heterocycles. The Bertz CT molecular complexity index is 2310. The maximum absolute atomic E-state index is 13.3. The number of benzene rings is 3. The van der Waals surface area contributed by atoms with Gasteiger partial charge in [0, 0.05) is 99.1 Å². The van der Waals surface area contributed by atoms with Crippen LogP contribution in [0.3, 0.4) is 0 Å². The van der Waals surface area contributed by atoms with Crippen LogP contribution in [0.4, 0.5) is 23.0 Å². The summed E-state index contributed by atoms with van der Waals surface area (Å²) in [6.45, 7) is 14.2. The van der Waals surface area contributed by atoms with Gasteiger partial charge < -0.3 is 31.6 Å². The van der Waals surface area contributed by atoms with Crippen LogP contribution in [0.1, 0.15) is 55.1 Å². The first-order valence-corrected chi connectivity index (χ1v) is 20.7. The molecule has 3 aliphatic heterocycles. The van der Waals surface area contributed by atoms with E-state index in [1.807, 2.05) is 81.1 Å². The van der Waals surface area contributed by atoms with E-state index in [0.717, 1.165) is 79.6 Å². The van der Waals surface area contributed by atoms with E-state index in [4.69, 9.17) is 10.8 Å². The lowest BCUT2D eigenvalue weighted by atomic mass is 9.97. The van der Waals surface area contributed by atoms with E-state index in [1.165, 1.54) is 6.21 Å². The van der Waals surface area contributed by atoms with E-state index in [1.54, 1.807) is 18.3 Å². The number of piperazine rings is 1. The molecule has 4 aromatic rings. The lowest BCUT2D eigenvalue weighted by Crippen LogP contribution is -2.56. The number of hydrogen-bond donors (Lipinski definition) is 5. The van der Waals surface area contributed by atoms with Crippen molar-refractivity contribution in [2.75, 3.05) is 61.3 Å². The highest BCUT2D eigenvalue weighted by Gasteiger charge is 2.33. The zero-order chi connectivity index (χ0) is 43.1. The molecular formula is C45H54N12O4. The van der Waals surface area contributed by atoms with Crippen LogP contribution in [0.25, 0.3) is 11.3 Å². The van der Waals surface area contributed by atoms with Gasteiger partial charge in [-0.25, -0.2) is 9.97 Å². The zero-order valence-corrected chi connectivity index (χ0v) is 35.1. The van der Waals surface area contributed by atoms with Gasteiger partial charge >= 0.3 is 0 Å². The van der Waals surface area contributed by atoms with E-state index < -0.39 is 11.9 Å². The molecular weight excluding hydrogens is 773 g/mol. The molecule has 16 nitrogen and oxygen atoms in total. The summed E-state index contributed by atoms with van der Waals surface area (Å²) in [5.41, 5.74) is 6.69. The van der Waals surface area contributed by atoms with E-state index >= 15 is 0 Å². The zero-order valence-electron chi connectivity index (χ0n) is 35.1. The molecule has 61 heavy (non-hydrogen) atoms. The van der Waals surface area contributed by atoms with Crippen LogP contribution < -0.4 is 32.0 Å². The summed E-state index contributed by atoms with van der Waals surface area (Å²) in [5.74, 6) is 5.36. The molecule has 1 unspecified atom stereocenters. The first-order valence-electron chi connectivity index (χ1n) is 20.7. The summed E-state index contributed by atoms with van der Waals surface area (Å²) in [7, 11) is 0. The summed E-state index contributed by atoms with van der Waals surface area (Å²) in [6, 6.07) is 22.9. The minimum Gasteiger partial charge on any atom is -0.374 e. The van der Waals surface area contributed by atoms with E-state index in [9.17, 15) is 19.2 Å². The number of nitrogens with two attached hydrogens (primary N) is 1. The second-order valence-corrected chi connectivity index (χ2v) is 16.8. The minimum absolute atomic E-state index is 0.0112. The first-order chi connectivity index (χ1) is 29.3. The number of amides is 4. The van der Waals surface area contributed by atoms with Crippen molar-refractivity contribution in [2.45, 2.75) is 58.7 Å². The molecule has 0 bridgehead atoms. The molecule has 3 aliphatic rings. The number of aryl methyl sites for hydroxylation is 1. The van der Waals surface area contributed by atoms with Gasteiger partial charge in [0.1, 0.15) is 6.04 Å². The summed E-state index contributed by atoms with van der Waals surface area (Å²) < 4.78 is 0. The van der Waals surface area contributed by atoms with Crippen molar-refractivity contribution in [2.24, 2.45) is 21.9 Å². The number of aromatic nitrogens is 2. The van der Waals surface area contributed by atoms with Gasteiger partial charge in [0.15, 0.2) is 5.71 Å². The number of carbonyl (C=O) groups excluding carboxylic acids is 4. The lowest BCUT2D eigenvalue weighted by Gasteiger charge is -2.44. The van der Waals surface area contributed by atoms with E-state index in [2.05, 4.69) is 58.3 Å². The molecule has 16 heteroatoms. The Morgan fingerprint density at radius 1 is 0.967 bits per heavy atom. The average molecular weight is 827 g/mol. The highest BCUT2D eigenvalue weighted by atomic mass is 16.2. The average Bonchev–Trinajstić information content (AvgIpc) is 3.23. The van der Waals surface area contributed by atoms with Gasteiger partial charge in [-0.15, -0.1) is 0 Å². The molecule has 4 amide bonds. The molecule has 6 N–H and O–H groups in total. The number of hydrogen-bond acceptors (Lipinski definition) is 13. The Morgan fingerprint density at radius 3 is 2.44 bits per heavy atom. The third-order valence-electron chi connectivity index (χ3n) is 11.0. The Hall–Kier alpha value is -6.68. The van der Waals surface area contributed by atoms with Gasteiger partial charge in [0.2, 0.25) is 17.8 Å². The first kappa shape index (κ1) is 42.4. The van der Waals surface area contributed by atoms with Gasteiger partial charge in [0.25, 0.3) is 11.8 Å². The predicted molar refractivity (Wildman–Crippen MR) is 238 cm³/mol. The van der Waals surface area contributed by atoms with Crippen molar-refractivity contribution in [1.29, 1.82) is 0 Å². The Balaban J connectivity index is 0.843. The largest absolute Gasteiger partial charge is 0.374 e. The SMILES string of the molecule is Cc1cc(-c2ccnc(Nc3ccc(N4CCN(CC5CN(C(=O)c6cccc(NC7CCC(=O)NC7=O)c6)C5)CC4)cc3)n2)ccc1CNC(=O)/C(C=NC(C)(C)C)=N/N. The number of piperidine rings is 1. The van der Waals surface area contributed by atoms with Crippen LogP contribution >= 0.6 is 0 Å². The predicted octanol–water partition coefficient (Wildman–Crippen LogP) is 4.11. The molecule has 1 atom stereocenters. The number of carbonyl (C=O) groups is 4. The maximum atomic E-state index is 13.3. The van der Waals surface area contributed by atoms with Crippen LogP contribution in [0.5, 0.6) is 0 Å².